The van der Waals surface area contributed by atoms with Crippen molar-refractivity contribution in [3.05, 3.63) is 120 Å². The van der Waals surface area contributed by atoms with Crippen molar-refractivity contribution in [3.63, 3.8) is 0 Å². The van der Waals surface area contributed by atoms with E-state index in [1.54, 1.807) is 0 Å². The lowest BCUT2D eigenvalue weighted by atomic mass is 9.80. The molecule has 0 amide bonds. The van der Waals surface area contributed by atoms with Gasteiger partial charge in [0, 0.05) is 0 Å². The van der Waals surface area contributed by atoms with E-state index < -0.39 is 31.9 Å². The minimum atomic E-state index is -1.69. The molecule has 0 aromatic heterocycles. The van der Waals surface area contributed by atoms with E-state index in [0.29, 0.717) is 0 Å². The molecule has 3 aromatic rings. The molecule has 2 saturated heterocycles. The SMILES string of the molecule is CC1(C)O[C@H]2O[C@H](COC(c3ccccc3)(c3ccccc3)c3ccccc3)[C@H](O/C=C\[Si](C)(C)C(C)(C)C)[C@H]2O1. The summed E-state index contributed by atoms with van der Waals surface area (Å²) in [6.45, 7) is 15.7. The van der Waals surface area contributed by atoms with Gasteiger partial charge in [0.25, 0.3) is 0 Å². The molecule has 2 aliphatic rings. The lowest BCUT2D eigenvalue weighted by Gasteiger charge is -2.37. The Morgan fingerprint density at radius 1 is 0.780 bits per heavy atom. The first-order valence-electron chi connectivity index (χ1n) is 14.6. The van der Waals surface area contributed by atoms with E-state index in [1.807, 2.05) is 38.3 Å². The predicted octanol–water partition coefficient (Wildman–Crippen LogP) is 7.82. The van der Waals surface area contributed by atoms with Crippen LogP contribution in [0, 0.1) is 0 Å². The van der Waals surface area contributed by atoms with Gasteiger partial charge in [-0.2, -0.15) is 0 Å². The third-order valence-electron chi connectivity index (χ3n) is 8.75. The molecule has 2 aliphatic heterocycles. The smallest absolute Gasteiger partial charge is 0.191 e. The van der Waals surface area contributed by atoms with Gasteiger partial charge in [-0.05, 0) is 35.6 Å². The Bertz CT molecular complexity index is 1200. The molecule has 2 fully saturated rings. The number of benzene rings is 3. The second-order valence-corrected chi connectivity index (χ2v) is 18.4. The van der Waals surface area contributed by atoms with Gasteiger partial charge in [-0.1, -0.05) is 131 Å². The lowest BCUT2D eigenvalue weighted by Crippen LogP contribution is -2.42. The highest BCUT2D eigenvalue weighted by atomic mass is 28.3. The van der Waals surface area contributed by atoms with Gasteiger partial charge >= 0.3 is 0 Å². The van der Waals surface area contributed by atoms with Crippen LogP contribution in [0.25, 0.3) is 0 Å². The average Bonchev–Trinajstić information content (AvgIpc) is 3.41. The van der Waals surface area contributed by atoms with Gasteiger partial charge in [-0.25, -0.2) is 0 Å². The van der Waals surface area contributed by atoms with Crippen molar-refractivity contribution in [2.75, 3.05) is 6.61 Å². The zero-order chi connectivity index (χ0) is 29.3. The van der Waals surface area contributed by atoms with Crippen LogP contribution in [0.4, 0.5) is 0 Å². The fraction of sp³-hybridized carbons (Fsp3) is 0.429. The molecule has 0 saturated carbocycles. The van der Waals surface area contributed by atoms with Crippen molar-refractivity contribution in [3.8, 4) is 0 Å². The zero-order valence-electron chi connectivity index (χ0n) is 25.4. The molecule has 0 spiro atoms. The van der Waals surface area contributed by atoms with Gasteiger partial charge in [0.1, 0.15) is 11.7 Å². The summed E-state index contributed by atoms with van der Waals surface area (Å²) in [6.07, 6.45) is 0.198. The van der Waals surface area contributed by atoms with Crippen molar-refractivity contribution in [2.45, 2.75) is 88.7 Å². The summed E-state index contributed by atoms with van der Waals surface area (Å²) in [5.41, 5.74) is 4.54. The summed E-state index contributed by atoms with van der Waals surface area (Å²) in [5, 5.41) is 0.208. The monoisotopic (exact) mass is 572 g/mol. The summed E-state index contributed by atoms with van der Waals surface area (Å²) < 4.78 is 32.5. The quantitative estimate of drug-likeness (QED) is 0.149. The summed E-state index contributed by atoms with van der Waals surface area (Å²) in [4.78, 5) is 0. The molecule has 6 heteroatoms. The number of ether oxygens (including phenoxy) is 5. The molecule has 41 heavy (non-hydrogen) atoms. The van der Waals surface area contributed by atoms with E-state index in [1.165, 1.54) is 0 Å². The van der Waals surface area contributed by atoms with Gasteiger partial charge in [0.2, 0.25) is 0 Å². The second kappa shape index (κ2) is 11.5. The van der Waals surface area contributed by atoms with Crippen molar-refractivity contribution in [1.82, 2.24) is 0 Å². The third-order valence-corrected chi connectivity index (χ3v) is 13.6. The molecule has 0 N–H and O–H groups in total. The molecular formula is C35H44O5Si. The van der Waals surface area contributed by atoms with Crippen molar-refractivity contribution < 1.29 is 23.7 Å². The van der Waals surface area contributed by atoms with Crippen LogP contribution in [0.1, 0.15) is 51.3 Å². The Morgan fingerprint density at radius 2 is 1.27 bits per heavy atom. The van der Waals surface area contributed by atoms with Crippen LogP contribution in [-0.4, -0.2) is 45.1 Å². The van der Waals surface area contributed by atoms with E-state index >= 15 is 0 Å². The van der Waals surface area contributed by atoms with E-state index in [0.717, 1.165) is 16.7 Å². The molecule has 218 valence electrons. The van der Waals surface area contributed by atoms with Gasteiger partial charge in [-0.3, -0.25) is 0 Å². The number of hydrogen-bond acceptors (Lipinski definition) is 5. The van der Waals surface area contributed by atoms with E-state index in [9.17, 15) is 0 Å². The minimum absolute atomic E-state index is 0.208. The highest BCUT2D eigenvalue weighted by Gasteiger charge is 2.56. The van der Waals surface area contributed by atoms with Crippen LogP contribution < -0.4 is 0 Å². The molecule has 4 atom stereocenters. The van der Waals surface area contributed by atoms with Crippen molar-refractivity contribution in [1.29, 1.82) is 0 Å². The largest absolute Gasteiger partial charge is 0.493 e. The first-order valence-corrected chi connectivity index (χ1v) is 17.7. The molecule has 0 unspecified atom stereocenters. The number of fused-ring (bicyclic) bond motifs is 1. The molecule has 2 heterocycles. The highest BCUT2D eigenvalue weighted by Crippen LogP contribution is 2.44. The zero-order valence-corrected chi connectivity index (χ0v) is 26.4. The second-order valence-electron chi connectivity index (χ2n) is 13.1. The third kappa shape index (κ3) is 6.08. The molecular weight excluding hydrogens is 528 g/mol. The maximum absolute atomic E-state index is 7.09. The fourth-order valence-electron chi connectivity index (χ4n) is 5.37. The van der Waals surface area contributed by atoms with Gasteiger partial charge in [0.05, 0.1) is 20.9 Å². The van der Waals surface area contributed by atoms with Crippen LogP contribution in [-0.2, 0) is 29.3 Å². The Kier molecular flexibility index (Phi) is 8.34. The molecule has 3 aromatic carbocycles. The van der Waals surface area contributed by atoms with Crippen LogP contribution in [0.3, 0.4) is 0 Å². The van der Waals surface area contributed by atoms with Crippen LogP contribution in [0.5, 0.6) is 0 Å². The Hall–Kier alpha value is -2.74. The van der Waals surface area contributed by atoms with Crippen LogP contribution >= 0.6 is 0 Å². The lowest BCUT2D eigenvalue weighted by molar-refractivity contribution is -0.223. The fourth-order valence-corrected chi connectivity index (χ4v) is 6.29. The Morgan fingerprint density at radius 3 is 1.73 bits per heavy atom. The minimum Gasteiger partial charge on any atom is -0.493 e. The summed E-state index contributed by atoms with van der Waals surface area (Å²) in [6, 6.07) is 31.1. The van der Waals surface area contributed by atoms with E-state index in [-0.39, 0.29) is 23.9 Å². The normalized spacial score (nSPS) is 24.5. The standard InChI is InChI=1S/C35H44O5Si/c1-33(2,3)41(6,7)24-23-36-30-29(38-32-31(30)39-34(4,5)40-32)25-37-35(26-17-11-8-12-18-26,27-19-13-9-14-20-27)28-21-15-10-16-22-28/h8-24,29-32H,25H2,1-7H3/b24-23-/t29-,30+,31-,32-/m1/s1. The molecule has 5 nitrogen and oxygen atoms in total. The molecule has 0 aliphatic carbocycles. The van der Waals surface area contributed by atoms with Gasteiger partial charge in [-0.15, -0.1) is 0 Å². The van der Waals surface area contributed by atoms with E-state index in [2.05, 4.69) is 112 Å². The first-order chi connectivity index (χ1) is 19.4. The first kappa shape index (κ1) is 29.7. The molecule has 5 rings (SSSR count). The summed E-state index contributed by atoms with van der Waals surface area (Å²) >= 11 is 0. The van der Waals surface area contributed by atoms with Crippen molar-refractivity contribution >= 4 is 8.07 Å². The Labute approximate surface area is 246 Å². The Balaban J connectivity index is 1.49. The highest BCUT2D eigenvalue weighted by molar-refractivity contribution is 6.84. The summed E-state index contributed by atoms with van der Waals surface area (Å²) in [5.74, 6) is -0.742. The van der Waals surface area contributed by atoms with Crippen molar-refractivity contribution in [2.24, 2.45) is 0 Å². The predicted molar refractivity (Wildman–Crippen MR) is 165 cm³/mol. The average molecular weight is 573 g/mol. The molecule has 0 radical (unpaired) electrons. The topological polar surface area (TPSA) is 46.2 Å². The maximum Gasteiger partial charge on any atom is 0.191 e. The van der Waals surface area contributed by atoms with Crippen LogP contribution in [0.2, 0.25) is 18.1 Å². The molecule has 0 bridgehead atoms. The maximum atomic E-state index is 7.09. The van der Waals surface area contributed by atoms with Crippen LogP contribution in [0.15, 0.2) is 103 Å². The van der Waals surface area contributed by atoms with E-state index in [4.69, 9.17) is 23.7 Å². The summed E-state index contributed by atoms with van der Waals surface area (Å²) in [7, 11) is -1.69. The number of rotatable bonds is 9. The number of hydrogen-bond donors (Lipinski definition) is 0. The van der Waals surface area contributed by atoms with Gasteiger partial charge < -0.3 is 23.7 Å². The van der Waals surface area contributed by atoms with Gasteiger partial charge in [0.15, 0.2) is 24.3 Å².